The summed E-state index contributed by atoms with van der Waals surface area (Å²) in [5, 5.41) is 7.97. The van der Waals surface area contributed by atoms with Gasteiger partial charge in [0.15, 0.2) is 0 Å². The molecule has 5 nitrogen and oxygen atoms in total. The van der Waals surface area contributed by atoms with E-state index >= 15 is 0 Å². The Bertz CT molecular complexity index is 260. The highest BCUT2D eigenvalue weighted by atomic mass is 32.2. The second-order valence-electron chi connectivity index (χ2n) is 3.66. The van der Waals surface area contributed by atoms with E-state index in [1.165, 1.54) is 0 Å². The van der Waals surface area contributed by atoms with Crippen LogP contribution in [0.3, 0.4) is 0 Å². The smallest absolute Gasteiger partial charge is 0.210 e. The third-order valence-corrected chi connectivity index (χ3v) is 3.15. The summed E-state index contributed by atoms with van der Waals surface area (Å²) < 4.78 is 26.7. The van der Waals surface area contributed by atoms with Crippen molar-refractivity contribution in [1.82, 2.24) is 5.32 Å². The Morgan fingerprint density at radius 2 is 2.36 bits per heavy atom. The molecule has 3 N–H and O–H groups in total. The molecule has 1 rings (SSSR count). The number of rotatable bonds is 5. The van der Waals surface area contributed by atoms with E-state index in [0.717, 1.165) is 19.4 Å². The van der Waals surface area contributed by atoms with Crippen LogP contribution in [0, 0.1) is 0 Å². The minimum atomic E-state index is -3.35. The average Bonchev–Trinajstić information content (AvgIpc) is 2.53. The average molecular weight is 222 g/mol. The molecule has 1 saturated heterocycles. The predicted molar refractivity (Wildman–Crippen MR) is 54.4 cm³/mol. The van der Waals surface area contributed by atoms with Crippen molar-refractivity contribution >= 4 is 10.0 Å². The van der Waals surface area contributed by atoms with Crippen molar-refractivity contribution in [3.8, 4) is 0 Å². The second kappa shape index (κ2) is 5.06. The fourth-order valence-electron chi connectivity index (χ4n) is 1.56. The van der Waals surface area contributed by atoms with Crippen LogP contribution in [0.1, 0.15) is 19.8 Å². The first-order chi connectivity index (χ1) is 6.49. The summed E-state index contributed by atoms with van der Waals surface area (Å²) in [6.07, 6.45) is 2.35. The number of hydrogen-bond donors (Lipinski definition) is 2. The maximum atomic E-state index is 10.6. The number of nitrogens with one attached hydrogen (secondary N) is 1. The standard InChI is InChI=1S/C8H18N2O3S/c1-7(8-3-2-5-13-8)10-4-6-14(9,11)12/h7-8,10H,2-6H2,1H3,(H2,9,11,12). The summed E-state index contributed by atoms with van der Waals surface area (Å²) in [4.78, 5) is 0. The van der Waals surface area contributed by atoms with E-state index < -0.39 is 10.0 Å². The molecule has 0 radical (unpaired) electrons. The third-order valence-electron chi connectivity index (χ3n) is 2.38. The van der Waals surface area contributed by atoms with Gasteiger partial charge in [0.2, 0.25) is 10.0 Å². The van der Waals surface area contributed by atoms with Crippen molar-refractivity contribution in [1.29, 1.82) is 0 Å². The van der Waals surface area contributed by atoms with Gasteiger partial charge in [0.25, 0.3) is 0 Å². The molecular formula is C8H18N2O3S. The first kappa shape index (κ1) is 11.9. The van der Waals surface area contributed by atoms with Crippen molar-refractivity contribution in [2.24, 2.45) is 5.14 Å². The van der Waals surface area contributed by atoms with Gasteiger partial charge >= 0.3 is 0 Å². The van der Waals surface area contributed by atoms with E-state index in [2.05, 4.69) is 5.32 Å². The van der Waals surface area contributed by atoms with Gasteiger partial charge in [-0.3, -0.25) is 0 Å². The number of ether oxygens (including phenoxy) is 1. The lowest BCUT2D eigenvalue weighted by Crippen LogP contribution is -2.40. The maximum Gasteiger partial charge on any atom is 0.210 e. The monoisotopic (exact) mass is 222 g/mol. The van der Waals surface area contributed by atoms with Gasteiger partial charge in [0.1, 0.15) is 0 Å². The predicted octanol–water partition coefficient (Wildman–Crippen LogP) is -0.568. The number of sulfonamides is 1. The van der Waals surface area contributed by atoms with E-state index in [9.17, 15) is 8.42 Å². The van der Waals surface area contributed by atoms with E-state index in [1.807, 2.05) is 6.92 Å². The van der Waals surface area contributed by atoms with Crippen LogP contribution < -0.4 is 10.5 Å². The zero-order valence-corrected chi connectivity index (χ0v) is 9.22. The molecule has 84 valence electrons. The van der Waals surface area contributed by atoms with Crippen molar-refractivity contribution in [2.75, 3.05) is 18.9 Å². The summed E-state index contributed by atoms with van der Waals surface area (Å²) in [7, 11) is -3.35. The molecule has 2 atom stereocenters. The largest absolute Gasteiger partial charge is 0.377 e. The highest BCUT2D eigenvalue weighted by Crippen LogP contribution is 2.14. The fraction of sp³-hybridized carbons (Fsp3) is 1.00. The number of hydrogen-bond acceptors (Lipinski definition) is 4. The molecular weight excluding hydrogens is 204 g/mol. The van der Waals surface area contributed by atoms with Crippen molar-refractivity contribution < 1.29 is 13.2 Å². The summed E-state index contributed by atoms with van der Waals surface area (Å²) in [6.45, 7) is 3.20. The van der Waals surface area contributed by atoms with Gasteiger partial charge in [-0.1, -0.05) is 0 Å². The summed E-state index contributed by atoms with van der Waals surface area (Å²) in [6, 6.07) is 0.194. The molecule has 0 aromatic heterocycles. The summed E-state index contributed by atoms with van der Waals surface area (Å²) in [5.41, 5.74) is 0. The van der Waals surface area contributed by atoms with Crippen molar-refractivity contribution in [3.05, 3.63) is 0 Å². The van der Waals surface area contributed by atoms with Crippen LogP contribution >= 0.6 is 0 Å². The van der Waals surface area contributed by atoms with E-state index in [1.54, 1.807) is 0 Å². The zero-order valence-electron chi connectivity index (χ0n) is 8.40. The topological polar surface area (TPSA) is 81.4 Å². The molecule has 2 unspecified atom stereocenters. The van der Waals surface area contributed by atoms with Crippen LogP contribution in [0.4, 0.5) is 0 Å². The highest BCUT2D eigenvalue weighted by molar-refractivity contribution is 7.89. The van der Waals surface area contributed by atoms with Crippen LogP contribution in [-0.2, 0) is 14.8 Å². The lowest BCUT2D eigenvalue weighted by atomic mass is 10.1. The van der Waals surface area contributed by atoms with Gasteiger partial charge in [-0.05, 0) is 19.8 Å². The molecule has 1 fully saturated rings. The first-order valence-electron chi connectivity index (χ1n) is 4.84. The molecule has 1 aliphatic rings. The highest BCUT2D eigenvalue weighted by Gasteiger charge is 2.21. The minimum Gasteiger partial charge on any atom is -0.377 e. The SMILES string of the molecule is CC(NCCS(N)(=O)=O)C1CCCO1. The quantitative estimate of drug-likeness (QED) is 0.653. The first-order valence-corrected chi connectivity index (χ1v) is 6.56. The molecule has 6 heteroatoms. The molecule has 0 spiro atoms. The second-order valence-corrected chi connectivity index (χ2v) is 5.40. The van der Waals surface area contributed by atoms with Gasteiger partial charge in [-0.15, -0.1) is 0 Å². The van der Waals surface area contributed by atoms with Crippen LogP contribution in [0.25, 0.3) is 0 Å². The van der Waals surface area contributed by atoms with Crippen molar-refractivity contribution in [3.63, 3.8) is 0 Å². The Morgan fingerprint density at radius 3 is 2.86 bits per heavy atom. The normalized spacial score (nSPS) is 25.1. The van der Waals surface area contributed by atoms with Crippen LogP contribution in [0.15, 0.2) is 0 Å². The van der Waals surface area contributed by atoms with Crippen LogP contribution in [0.5, 0.6) is 0 Å². The van der Waals surface area contributed by atoms with Gasteiger partial charge in [-0.25, -0.2) is 13.6 Å². The Kier molecular flexibility index (Phi) is 4.31. The van der Waals surface area contributed by atoms with Gasteiger partial charge in [0.05, 0.1) is 11.9 Å². The maximum absolute atomic E-state index is 10.6. The molecule has 0 aliphatic carbocycles. The fourth-order valence-corrected chi connectivity index (χ4v) is 1.96. The Hall–Kier alpha value is -0.170. The Morgan fingerprint density at radius 1 is 1.64 bits per heavy atom. The molecule has 0 aromatic carbocycles. The Balaban J connectivity index is 2.17. The molecule has 0 amide bonds. The molecule has 1 aliphatic heterocycles. The van der Waals surface area contributed by atoms with Crippen LogP contribution in [-0.4, -0.2) is 39.5 Å². The van der Waals surface area contributed by atoms with E-state index in [0.29, 0.717) is 6.54 Å². The third kappa shape index (κ3) is 4.36. The molecule has 0 aromatic rings. The Labute approximate surface area is 85.1 Å². The van der Waals surface area contributed by atoms with Gasteiger partial charge in [-0.2, -0.15) is 0 Å². The van der Waals surface area contributed by atoms with Crippen molar-refractivity contribution in [2.45, 2.75) is 31.9 Å². The molecule has 14 heavy (non-hydrogen) atoms. The summed E-state index contributed by atoms with van der Waals surface area (Å²) in [5.74, 6) is -0.0238. The molecule has 0 bridgehead atoms. The number of primary sulfonamides is 1. The van der Waals surface area contributed by atoms with Crippen LogP contribution in [0.2, 0.25) is 0 Å². The lowest BCUT2D eigenvalue weighted by Gasteiger charge is -2.19. The number of nitrogens with two attached hydrogens (primary N) is 1. The molecule has 1 heterocycles. The van der Waals surface area contributed by atoms with Gasteiger partial charge in [0, 0.05) is 19.2 Å². The molecule has 0 saturated carbocycles. The van der Waals surface area contributed by atoms with E-state index in [-0.39, 0.29) is 17.9 Å². The lowest BCUT2D eigenvalue weighted by molar-refractivity contribution is 0.0844. The van der Waals surface area contributed by atoms with E-state index in [4.69, 9.17) is 9.88 Å². The summed E-state index contributed by atoms with van der Waals surface area (Å²) >= 11 is 0. The zero-order chi connectivity index (χ0) is 10.6. The van der Waals surface area contributed by atoms with Gasteiger partial charge < -0.3 is 10.1 Å². The minimum absolute atomic E-state index is 0.0238.